The summed E-state index contributed by atoms with van der Waals surface area (Å²) < 4.78 is 26.5. The molecular weight excluding hydrogens is 410 g/mol. The molecule has 0 bridgehead atoms. The van der Waals surface area contributed by atoms with Crippen molar-refractivity contribution in [3.8, 4) is 0 Å². The van der Waals surface area contributed by atoms with Crippen molar-refractivity contribution in [1.82, 2.24) is 4.90 Å². The number of rotatable bonds is 9. The monoisotopic (exact) mass is 434 g/mol. The third kappa shape index (κ3) is 7.06. The van der Waals surface area contributed by atoms with Crippen LogP contribution in [0.5, 0.6) is 0 Å². The van der Waals surface area contributed by atoms with Gasteiger partial charge in [0.05, 0.1) is 0 Å². The van der Waals surface area contributed by atoms with Gasteiger partial charge in [-0.25, -0.2) is 18.4 Å². The number of carboxylic acids is 1. The molecule has 1 atom stereocenters. The molecular formula is C22H24F2N2O5. The summed E-state index contributed by atoms with van der Waals surface area (Å²) in [5.74, 6) is -3.58. The van der Waals surface area contributed by atoms with Crippen molar-refractivity contribution in [2.75, 3.05) is 11.9 Å². The van der Waals surface area contributed by atoms with Crippen LogP contribution in [-0.2, 0) is 11.2 Å². The average molecular weight is 434 g/mol. The molecule has 0 aliphatic heterocycles. The van der Waals surface area contributed by atoms with E-state index in [2.05, 4.69) is 5.32 Å². The van der Waals surface area contributed by atoms with E-state index in [9.17, 15) is 33.4 Å². The number of nitrogens with zero attached hydrogens (tertiary/aromatic N) is 1. The SMILES string of the molecule is CC(C)C[C@@H](C(=O)O)N(CCc1ccc(NC(=O)c2cc(F)cc(F)c2)cc1)C(=O)O. The summed E-state index contributed by atoms with van der Waals surface area (Å²) in [7, 11) is 0. The van der Waals surface area contributed by atoms with Gasteiger partial charge in [0.25, 0.3) is 5.91 Å². The summed E-state index contributed by atoms with van der Waals surface area (Å²) in [5.41, 5.74) is 0.954. The van der Waals surface area contributed by atoms with Crippen LogP contribution in [-0.4, -0.2) is 45.7 Å². The second-order valence-electron chi connectivity index (χ2n) is 7.52. The number of aliphatic carboxylic acids is 1. The van der Waals surface area contributed by atoms with Gasteiger partial charge in [0, 0.05) is 23.9 Å². The Hall–Kier alpha value is -3.49. The first kappa shape index (κ1) is 23.8. The Kier molecular flexibility index (Phi) is 8.07. The van der Waals surface area contributed by atoms with Crippen LogP contribution in [0.4, 0.5) is 19.3 Å². The van der Waals surface area contributed by atoms with Crippen molar-refractivity contribution < 1.29 is 33.4 Å². The molecule has 7 nitrogen and oxygen atoms in total. The number of benzene rings is 2. The molecule has 0 heterocycles. The molecule has 31 heavy (non-hydrogen) atoms. The fourth-order valence-electron chi connectivity index (χ4n) is 3.09. The maximum absolute atomic E-state index is 13.3. The van der Waals surface area contributed by atoms with E-state index in [0.29, 0.717) is 11.8 Å². The van der Waals surface area contributed by atoms with Crippen LogP contribution < -0.4 is 5.32 Å². The van der Waals surface area contributed by atoms with E-state index in [1.165, 1.54) is 0 Å². The number of hydrogen-bond acceptors (Lipinski definition) is 3. The van der Waals surface area contributed by atoms with Gasteiger partial charge in [-0.3, -0.25) is 9.69 Å². The first-order valence-electron chi connectivity index (χ1n) is 9.65. The number of carboxylic acid groups (broad SMARTS) is 2. The van der Waals surface area contributed by atoms with Gasteiger partial charge >= 0.3 is 12.1 Å². The third-order valence-electron chi connectivity index (χ3n) is 4.58. The number of hydrogen-bond donors (Lipinski definition) is 3. The van der Waals surface area contributed by atoms with E-state index in [1.54, 1.807) is 24.3 Å². The van der Waals surface area contributed by atoms with E-state index in [1.807, 2.05) is 13.8 Å². The van der Waals surface area contributed by atoms with Gasteiger partial charge in [-0.2, -0.15) is 0 Å². The summed E-state index contributed by atoms with van der Waals surface area (Å²) in [4.78, 5) is 36.1. The van der Waals surface area contributed by atoms with Crippen molar-refractivity contribution in [3.63, 3.8) is 0 Å². The lowest BCUT2D eigenvalue weighted by atomic mass is 10.0. The number of amides is 2. The van der Waals surface area contributed by atoms with E-state index in [4.69, 9.17) is 0 Å². The second-order valence-corrected chi connectivity index (χ2v) is 7.52. The van der Waals surface area contributed by atoms with Crippen LogP contribution >= 0.6 is 0 Å². The smallest absolute Gasteiger partial charge is 0.408 e. The average Bonchev–Trinajstić information content (AvgIpc) is 2.67. The van der Waals surface area contributed by atoms with Crippen LogP contribution in [0.3, 0.4) is 0 Å². The highest BCUT2D eigenvalue weighted by atomic mass is 19.1. The number of carbonyl (C=O) groups is 3. The third-order valence-corrected chi connectivity index (χ3v) is 4.58. The van der Waals surface area contributed by atoms with Crippen LogP contribution in [0.1, 0.15) is 36.2 Å². The summed E-state index contributed by atoms with van der Waals surface area (Å²) in [6.07, 6.45) is -0.829. The number of carbonyl (C=O) groups excluding carboxylic acids is 1. The summed E-state index contributed by atoms with van der Waals surface area (Å²) in [5, 5.41) is 21.4. The minimum Gasteiger partial charge on any atom is -0.480 e. The summed E-state index contributed by atoms with van der Waals surface area (Å²) in [6, 6.07) is 7.81. The first-order valence-corrected chi connectivity index (χ1v) is 9.65. The van der Waals surface area contributed by atoms with E-state index in [0.717, 1.165) is 22.6 Å². The molecule has 0 aliphatic rings. The van der Waals surface area contributed by atoms with Crippen molar-refractivity contribution in [1.29, 1.82) is 0 Å². The van der Waals surface area contributed by atoms with Crippen LogP contribution in [0, 0.1) is 17.6 Å². The Morgan fingerprint density at radius 2 is 1.58 bits per heavy atom. The van der Waals surface area contributed by atoms with E-state index in [-0.39, 0.29) is 30.9 Å². The molecule has 0 saturated heterocycles. The predicted molar refractivity (Wildman–Crippen MR) is 110 cm³/mol. The van der Waals surface area contributed by atoms with Crippen LogP contribution in [0.25, 0.3) is 0 Å². The van der Waals surface area contributed by atoms with E-state index < -0.39 is 35.6 Å². The highest BCUT2D eigenvalue weighted by Crippen LogP contribution is 2.16. The standard InChI is InChI=1S/C22H24F2N2O5/c1-13(2)9-19(21(28)29)26(22(30)31)8-7-14-3-5-18(6-4-14)25-20(27)15-10-16(23)12-17(24)11-15/h3-6,10-13,19H,7-9H2,1-2H3,(H,25,27)(H,28,29)(H,30,31)/t19-/m0/s1. The van der Waals surface area contributed by atoms with Crippen molar-refractivity contribution in [3.05, 3.63) is 65.2 Å². The molecule has 0 unspecified atom stereocenters. The summed E-state index contributed by atoms with van der Waals surface area (Å²) >= 11 is 0. The molecule has 2 amide bonds. The predicted octanol–water partition coefficient (Wildman–Crippen LogP) is 4.24. The van der Waals surface area contributed by atoms with E-state index >= 15 is 0 Å². The minimum atomic E-state index is -1.31. The van der Waals surface area contributed by atoms with Gasteiger partial charge in [0.2, 0.25) is 0 Å². The zero-order valence-electron chi connectivity index (χ0n) is 17.1. The lowest BCUT2D eigenvalue weighted by Crippen LogP contribution is -2.46. The molecule has 0 saturated carbocycles. The van der Waals surface area contributed by atoms with Crippen LogP contribution in [0.2, 0.25) is 0 Å². The minimum absolute atomic E-state index is 0.00665. The quantitative estimate of drug-likeness (QED) is 0.547. The normalized spacial score (nSPS) is 11.8. The lowest BCUT2D eigenvalue weighted by molar-refractivity contribution is -0.143. The molecule has 0 aliphatic carbocycles. The maximum Gasteiger partial charge on any atom is 0.408 e. The van der Waals surface area contributed by atoms with Gasteiger partial charge < -0.3 is 15.5 Å². The zero-order chi connectivity index (χ0) is 23.1. The Labute approximate surface area is 178 Å². The Bertz CT molecular complexity index is 927. The van der Waals surface area contributed by atoms with Crippen molar-refractivity contribution in [2.45, 2.75) is 32.7 Å². The molecule has 3 N–H and O–H groups in total. The van der Waals surface area contributed by atoms with Gasteiger partial charge in [-0.05, 0) is 48.6 Å². The highest BCUT2D eigenvalue weighted by molar-refractivity contribution is 6.04. The molecule has 2 aromatic rings. The molecule has 0 radical (unpaired) electrons. The molecule has 2 rings (SSSR count). The molecule has 166 valence electrons. The lowest BCUT2D eigenvalue weighted by Gasteiger charge is -2.27. The summed E-state index contributed by atoms with van der Waals surface area (Å²) in [6.45, 7) is 3.63. The second kappa shape index (κ2) is 10.5. The number of nitrogens with one attached hydrogen (secondary N) is 1. The molecule has 0 fully saturated rings. The largest absolute Gasteiger partial charge is 0.480 e. The van der Waals surface area contributed by atoms with Gasteiger partial charge in [-0.1, -0.05) is 26.0 Å². The maximum atomic E-state index is 13.3. The van der Waals surface area contributed by atoms with Crippen molar-refractivity contribution in [2.24, 2.45) is 5.92 Å². The Balaban J connectivity index is 2.03. The number of halogens is 2. The van der Waals surface area contributed by atoms with Gasteiger partial charge in [-0.15, -0.1) is 0 Å². The molecule has 0 spiro atoms. The molecule has 0 aromatic heterocycles. The highest BCUT2D eigenvalue weighted by Gasteiger charge is 2.29. The van der Waals surface area contributed by atoms with Gasteiger partial charge in [0.1, 0.15) is 17.7 Å². The number of anilines is 1. The Morgan fingerprint density at radius 1 is 1.00 bits per heavy atom. The molecule has 9 heteroatoms. The first-order chi connectivity index (χ1) is 14.6. The zero-order valence-corrected chi connectivity index (χ0v) is 17.1. The topological polar surface area (TPSA) is 107 Å². The fourth-order valence-corrected chi connectivity index (χ4v) is 3.09. The Morgan fingerprint density at radius 3 is 2.06 bits per heavy atom. The fraction of sp³-hybridized carbons (Fsp3) is 0.318. The van der Waals surface area contributed by atoms with Crippen molar-refractivity contribution >= 4 is 23.7 Å². The molecule has 2 aromatic carbocycles. The van der Waals surface area contributed by atoms with Gasteiger partial charge in [0.15, 0.2) is 0 Å². The van der Waals surface area contributed by atoms with Crippen LogP contribution in [0.15, 0.2) is 42.5 Å².